The molecular weight excluding hydrogens is 192 g/mol. The van der Waals surface area contributed by atoms with Gasteiger partial charge in [0.15, 0.2) is 0 Å². The number of nitro benzene ring substituents is 1. The molecule has 0 saturated carbocycles. The van der Waals surface area contributed by atoms with Crippen molar-refractivity contribution in [3.8, 4) is 0 Å². The fourth-order valence-corrected chi connectivity index (χ4v) is 1.86. The van der Waals surface area contributed by atoms with Crippen LogP contribution in [0.3, 0.4) is 0 Å². The average molecular weight is 204 g/mol. The van der Waals surface area contributed by atoms with Crippen LogP contribution in [-0.4, -0.2) is 11.1 Å². The molecule has 15 heavy (non-hydrogen) atoms. The van der Waals surface area contributed by atoms with Gasteiger partial charge in [-0.3, -0.25) is 15.1 Å². The third kappa shape index (κ3) is 1.75. The highest BCUT2D eigenvalue weighted by atomic mass is 16.6. The molecule has 78 valence electrons. The summed E-state index contributed by atoms with van der Waals surface area (Å²) in [6.07, 6.45) is 3.94. The van der Waals surface area contributed by atoms with Crippen molar-refractivity contribution in [2.24, 2.45) is 4.99 Å². The Labute approximate surface area is 87.8 Å². The van der Waals surface area contributed by atoms with Crippen molar-refractivity contribution in [3.05, 3.63) is 33.9 Å². The number of non-ortho nitro benzene ring substituents is 1. The summed E-state index contributed by atoms with van der Waals surface area (Å²) in [7, 11) is 0. The highest BCUT2D eigenvalue weighted by Crippen LogP contribution is 2.36. The summed E-state index contributed by atoms with van der Waals surface area (Å²) in [6, 6.07) is 4.87. The van der Waals surface area contributed by atoms with E-state index in [1.807, 2.05) is 6.21 Å². The molecule has 0 spiro atoms. The molecule has 1 aliphatic heterocycles. The Morgan fingerprint density at radius 3 is 3.00 bits per heavy atom. The molecule has 0 aliphatic carbocycles. The standard InChI is InChI=1S/C11H12N2O2/c1-2-3-8-7-12-11-5-4-9(13(14)15)6-10(8)11/h4-8H,2-3H2,1H3. The molecule has 0 aromatic heterocycles. The number of aliphatic imine (C=N–C) groups is 1. The Bertz CT molecular complexity index is 427. The van der Waals surface area contributed by atoms with Crippen LogP contribution >= 0.6 is 0 Å². The molecule has 4 heteroatoms. The molecule has 0 bridgehead atoms. The first-order valence-electron chi connectivity index (χ1n) is 5.05. The monoisotopic (exact) mass is 204 g/mol. The number of nitrogens with zero attached hydrogens (tertiary/aromatic N) is 2. The predicted molar refractivity (Wildman–Crippen MR) is 58.9 cm³/mol. The van der Waals surface area contributed by atoms with Crippen LogP contribution in [0, 0.1) is 10.1 Å². The average Bonchev–Trinajstić information content (AvgIpc) is 2.61. The van der Waals surface area contributed by atoms with Gasteiger partial charge in [0.1, 0.15) is 0 Å². The zero-order valence-corrected chi connectivity index (χ0v) is 8.51. The molecule has 0 fully saturated rings. The molecule has 1 unspecified atom stereocenters. The Morgan fingerprint density at radius 1 is 1.53 bits per heavy atom. The molecular formula is C11H12N2O2. The summed E-state index contributed by atoms with van der Waals surface area (Å²) in [6.45, 7) is 2.10. The van der Waals surface area contributed by atoms with Gasteiger partial charge in [-0.1, -0.05) is 13.3 Å². The van der Waals surface area contributed by atoms with E-state index < -0.39 is 0 Å². The van der Waals surface area contributed by atoms with Gasteiger partial charge in [-0.15, -0.1) is 0 Å². The van der Waals surface area contributed by atoms with Gasteiger partial charge in [-0.2, -0.15) is 0 Å². The van der Waals surface area contributed by atoms with Crippen molar-refractivity contribution in [2.75, 3.05) is 0 Å². The molecule has 1 atom stereocenters. The fraction of sp³-hybridized carbons (Fsp3) is 0.364. The van der Waals surface area contributed by atoms with Gasteiger partial charge in [-0.05, 0) is 18.1 Å². The van der Waals surface area contributed by atoms with Gasteiger partial charge in [0.05, 0.1) is 10.6 Å². The molecule has 1 aliphatic rings. The van der Waals surface area contributed by atoms with E-state index >= 15 is 0 Å². The van der Waals surface area contributed by atoms with Crippen molar-refractivity contribution < 1.29 is 4.92 Å². The lowest BCUT2D eigenvalue weighted by Crippen LogP contribution is -1.96. The number of rotatable bonds is 3. The summed E-state index contributed by atoms with van der Waals surface area (Å²) in [5, 5.41) is 10.6. The number of benzene rings is 1. The smallest absolute Gasteiger partial charge is 0.260 e. The zero-order valence-electron chi connectivity index (χ0n) is 8.51. The van der Waals surface area contributed by atoms with Gasteiger partial charge >= 0.3 is 0 Å². The van der Waals surface area contributed by atoms with Crippen LogP contribution in [0.25, 0.3) is 0 Å². The minimum absolute atomic E-state index is 0.153. The van der Waals surface area contributed by atoms with Gasteiger partial charge in [-0.25, -0.2) is 0 Å². The second-order valence-electron chi connectivity index (χ2n) is 3.67. The zero-order chi connectivity index (χ0) is 10.8. The second-order valence-corrected chi connectivity index (χ2v) is 3.67. The highest BCUT2D eigenvalue weighted by Gasteiger charge is 2.20. The van der Waals surface area contributed by atoms with E-state index in [1.54, 1.807) is 12.1 Å². The lowest BCUT2D eigenvalue weighted by Gasteiger charge is -2.06. The molecule has 0 amide bonds. The summed E-state index contributed by atoms with van der Waals surface area (Å²) in [4.78, 5) is 14.5. The van der Waals surface area contributed by atoms with E-state index in [2.05, 4.69) is 11.9 Å². The lowest BCUT2D eigenvalue weighted by atomic mass is 9.96. The largest absolute Gasteiger partial charge is 0.269 e. The molecule has 1 aromatic rings. The van der Waals surface area contributed by atoms with Crippen LogP contribution in [-0.2, 0) is 0 Å². The molecule has 1 heterocycles. The molecule has 1 aromatic carbocycles. The van der Waals surface area contributed by atoms with Crippen LogP contribution in [0.15, 0.2) is 23.2 Å². The maximum absolute atomic E-state index is 10.6. The maximum Gasteiger partial charge on any atom is 0.269 e. The topological polar surface area (TPSA) is 55.5 Å². The highest BCUT2D eigenvalue weighted by molar-refractivity contribution is 5.81. The number of hydrogen-bond acceptors (Lipinski definition) is 3. The molecule has 0 radical (unpaired) electrons. The normalized spacial score (nSPS) is 17.8. The Balaban J connectivity index is 2.36. The SMILES string of the molecule is CCCC1C=Nc2ccc([N+](=O)[O-])cc21. The van der Waals surface area contributed by atoms with E-state index in [4.69, 9.17) is 0 Å². The summed E-state index contributed by atoms with van der Waals surface area (Å²) in [5.74, 6) is 0.255. The van der Waals surface area contributed by atoms with Crippen LogP contribution in [0.1, 0.15) is 31.2 Å². The van der Waals surface area contributed by atoms with E-state index in [-0.39, 0.29) is 16.5 Å². The molecule has 0 saturated heterocycles. The number of fused-ring (bicyclic) bond motifs is 1. The minimum Gasteiger partial charge on any atom is -0.260 e. The third-order valence-electron chi connectivity index (χ3n) is 2.61. The second kappa shape index (κ2) is 3.81. The quantitative estimate of drug-likeness (QED) is 0.560. The Kier molecular flexibility index (Phi) is 2.49. The van der Waals surface area contributed by atoms with E-state index in [0.717, 1.165) is 24.1 Å². The van der Waals surface area contributed by atoms with Gasteiger partial charge in [0.25, 0.3) is 5.69 Å². The summed E-state index contributed by atoms with van der Waals surface area (Å²) in [5.41, 5.74) is 2.02. The maximum atomic E-state index is 10.6. The van der Waals surface area contributed by atoms with Crippen molar-refractivity contribution in [1.82, 2.24) is 0 Å². The van der Waals surface area contributed by atoms with Crippen molar-refractivity contribution >= 4 is 17.6 Å². The fourth-order valence-electron chi connectivity index (χ4n) is 1.86. The minimum atomic E-state index is -0.360. The Hall–Kier alpha value is -1.71. The van der Waals surface area contributed by atoms with Crippen molar-refractivity contribution in [2.45, 2.75) is 25.7 Å². The molecule has 2 rings (SSSR count). The van der Waals surface area contributed by atoms with E-state index in [0.29, 0.717) is 0 Å². The van der Waals surface area contributed by atoms with Crippen LogP contribution < -0.4 is 0 Å². The van der Waals surface area contributed by atoms with Gasteiger partial charge in [0, 0.05) is 24.3 Å². The van der Waals surface area contributed by atoms with Crippen molar-refractivity contribution in [1.29, 1.82) is 0 Å². The third-order valence-corrected chi connectivity index (χ3v) is 2.61. The predicted octanol–water partition coefficient (Wildman–Crippen LogP) is 3.19. The van der Waals surface area contributed by atoms with Gasteiger partial charge in [0.2, 0.25) is 0 Å². The molecule has 4 nitrogen and oxygen atoms in total. The first-order valence-corrected chi connectivity index (χ1v) is 5.05. The Morgan fingerprint density at radius 2 is 2.33 bits per heavy atom. The van der Waals surface area contributed by atoms with E-state index in [1.165, 1.54) is 6.07 Å². The lowest BCUT2D eigenvalue weighted by molar-refractivity contribution is -0.384. The first kappa shape index (κ1) is 9.83. The number of nitro groups is 1. The summed E-state index contributed by atoms with van der Waals surface area (Å²) < 4.78 is 0. The van der Waals surface area contributed by atoms with Crippen LogP contribution in [0.4, 0.5) is 11.4 Å². The van der Waals surface area contributed by atoms with E-state index in [9.17, 15) is 10.1 Å². The number of hydrogen-bond donors (Lipinski definition) is 0. The first-order chi connectivity index (χ1) is 7.22. The van der Waals surface area contributed by atoms with Crippen LogP contribution in [0.5, 0.6) is 0 Å². The molecule has 0 N–H and O–H groups in total. The van der Waals surface area contributed by atoms with Gasteiger partial charge < -0.3 is 0 Å². The van der Waals surface area contributed by atoms with Crippen LogP contribution in [0.2, 0.25) is 0 Å². The summed E-state index contributed by atoms with van der Waals surface area (Å²) >= 11 is 0. The van der Waals surface area contributed by atoms with Crippen molar-refractivity contribution in [3.63, 3.8) is 0 Å².